The Morgan fingerprint density at radius 1 is 1.12 bits per heavy atom. The molecule has 122 valence electrons. The number of hydrogen-bond acceptors (Lipinski definition) is 5. The molecule has 3 rings (SSSR count). The maximum Gasteiger partial charge on any atom is 0.141 e. The van der Waals surface area contributed by atoms with E-state index in [1.54, 1.807) is 25.5 Å². The summed E-state index contributed by atoms with van der Waals surface area (Å²) in [4.78, 5) is 0. The van der Waals surface area contributed by atoms with Crippen molar-refractivity contribution in [2.75, 3.05) is 7.11 Å². The van der Waals surface area contributed by atoms with E-state index < -0.39 is 0 Å². The van der Waals surface area contributed by atoms with Crippen molar-refractivity contribution < 1.29 is 9.47 Å². The molecule has 0 spiro atoms. The van der Waals surface area contributed by atoms with Crippen LogP contribution in [-0.4, -0.2) is 28.2 Å². The minimum absolute atomic E-state index is 0.374. The summed E-state index contributed by atoms with van der Waals surface area (Å²) in [5.74, 6) is 1.50. The molecule has 6 nitrogen and oxygen atoms in total. The minimum Gasteiger partial charge on any atom is -0.496 e. The van der Waals surface area contributed by atoms with Gasteiger partial charge < -0.3 is 9.47 Å². The van der Waals surface area contributed by atoms with Crippen molar-refractivity contribution in [3.8, 4) is 11.5 Å². The van der Waals surface area contributed by atoms with Gasteiger partial charge in [0.15, 0.2) is 0 Å². The Kier molecular flexibility index (Phi) is 5.08. The predicted octanol–water partition coefficient (Wildman–Crippen LogP) is 3.40. The molecule has 0 N–H and O–H groups in total. The molecule has 7 heteroatoms. The van der Waals surface area contributed by atoms with E-state index in [1.807, 2.05) is 30.3 Å². The Hall–Kier alpha value is -2.86. The first kappa shape index (κ1) is 16.0. The number of hydrogen-bond donors (Lipinski definition) is 0. The number of ether oxygens (including phenoxy) is 2. The third-order valence-corrected chi connectivity index (χ3v) is 3.51. The van der Waals surface area contributed by atoms with Gasteiger partial charge in [0.1, 0.15) is 30.8 Å². The fraction of sp³-hybridized carbons (Fsp3) is 0.118. The SMILES string of the molecule is COc1ccc(/C=N/n2cnnc2)cc1COc1ccc(Cl)cc1. The highest BCUT2D eigenvalue weighted by Crippen LogP contribution is 2.22. The first-order chi connectivity index (χ1) is 11.7. The molecule has 0 fully saturated rings. The van der Waals surface area contributed by atoms with Crippen LogP contribution in [-0.2, 0) is 6.61 Å². The smallest absolute Gasteiger partial charge is 0.141 e. The molecule has 24 heavy (non-hydrogen) atoms. The van der Waals surface area contributed by atoms with Crippen molar-refractivity contribution in [3.05, 3.63) is 71.3 Å². The maximum absolute atomic E-state index is 5.87. The van der Waals surface area contributed by atoms with Crippen LogP contribution in [0.15, 0.2) is 60.2 Å². The number of halogens is 1. The topological polar surface area (TPSA) is 61.5 Å². The van der Waals surface area contributed by atoms with Gasteiger partial charge in [0.2, 0.25) is 0 Å². The lowest BCUT2D eigenvalue weighted by Gasteiger charge is -2.11. The van der Waals surface area contributed by atoms with Crippen molar-refractivity contribution in [1.82, 2.24) is 14.9 Å². The molecule has 1 heterocycles. The molecule has 0 atom stereocenters. The largest absolute Gasteiger partial charge is 0.496 e. The number of methoxy groups -OCH3 is 1. The Morgan fingerprint density at radius 2 is 1.88 bits per heavy atom. The fourth-order valence-corrected chi connectivity index (χ4v) is 2.20. The Morgan fingerprint density at radius 3 is 2.58 bits per heavy atom. The normalized spacial score (nSPS) is 10.9. The van der Waals surface area contributed by atoms with E-state index in [0.717, 1.165) is 22.6 Å². The molecule has 1 aromatic heterocycles. The van der Waals surface area contributed by atoms with Gasteiger partial charge in [0, 0.05) is 10.6 Å². The maximum atomic E-state index is 5.87. The molecule has 0 saturated carbocycles. The summed E-state index contributed by atoms with van der Waals surface area (Å²) >= 11 is 5.87. The van der Waals surface area contributed by atoms with Gasteiger partial charge in [-0.2, -0.15) is 5.10 Å². The van der Waals surface area contributed by atoms with Gasteiger partial charge in [0.05, 0.1) is 13.3 Å². The van der Waals surface area contributed by atoms with Crippen LogP contribution in [0.25, 0.3) is 0 Å². The summed E-state index contributed by atoms with van der Waals surface area (Å²) in [6.45, 7) is 0.374. The van der Waals surface area contributed by atoms with E-state index in [1.165, 1.54) is 17.3 Å². The summed E-state index contributed by atoms with van der Waals surface area (Å²) in [5, 5.41) is 12.3. The molecule has 0 aliphatic rings. The van der Waals surface area contributed by atoms with E-state index in [2.05, 4.69) is 15.3 Å². The zero-order valence-electron chi connectivity index (χ0n) is 13.0. The molecular formula is C17H15ClN4O2. The van der Waals surface area contributed by atoms with Gasteiger partial charge in [-0.1, -0.05) is 11.6 Å². The van der Waals surface area contributed by atoms with Gasteiger partial charge in [-0.05, 0) is 48.0 Å². The van der Waals surface area contributed by atoms with E-state index in [-0.39, 0.29) is 0 Å². The van der Waals surface area contributed by atoms with Crippen molar-refractivity contribution in [1.29, 1.82) is 0 Å². The molecule has 0 saturated heterocycles. The zero-order chi connectivity index (χ0) is 16.8. The standard InChI is InChI=1S/C17H15ClN4O2/c1-23-17-7-2-13(9-21-22-11-19-20-12-22)8-14(17)10-24-16-5-3-15(18)4-6-16/h2-9,11-12H,10H2,1H3/b21-9+. The number of aromatic nitrogens is 3. The summed E-state index contributed by atoms with van der Waals surface area (Å²) < 4.78 is 12.7. The van der Waals surface area contributed by atoms with Crippen LogP contribution >= 0.6 is 11.6 Å². The minimum atomic E-state index is 0.374. The molecule has 0 bridgehead atoms. The van der Waals surface area contributed by atoms with Crippen molar-refractivity contribution in [2.24, 2.45) is 5.10 Å². The van der Waals surface area contributed by atoms with Gasteiger partial charge in [0.25, 0.3) is 0 Å². The highest BCUT2D eigenvalue weighted by Gasteiger charge is 2.05. The van der Waals surface area contributed by atoms with Crippen molar-refractivity contribution in [3.63, 3.8) is 0 Å². The highest BCUT2D eigenvalue weighted by molar-refractivity contribution is 6.30. The van der Waals surface area contributed by atoms with E-state index in [9.17, 15) is 0 Å². The third kappa shape index (κ3) is 4.11. The lowest BCUT2D eigenvalue weighted by Crippen LogP contribution is -2.00. The van der Waals surface area contributed by atoms with Gasteiger partial charge in [-0.3, -0.25) is 0 Å². The first-order valence-corrected chi connectivity index (χ1v) is 7.56. The second-order valence-electron chi connectivity index (χ2n) is 4.90. The average Bonchev–Trinajstić information content (AvgIpc) is 3.13. The van der Waals surface area contributed by atoms with E-state index in [4.69, 9.17) is 21.1 Å². The average molecular weight is 343 g/mol. The molecule has 0 radical (unpaired) electrons. The van der Waals surface area contributed by atoms with Gasteiger partial charge >= 0.3 is 0 Å². The molecule has 2 aromatic carbocycles. The second-order valence-corrected chi connectivity index (χ2v) is 5.34. The van der Waals surface area contributed by atoms with Crippen LogP contribution in [0.4, 0.5) is 0 Å². The summed E-state index contributed by atoms with van der Waals surface area (Å²) in [6.07, 6.45) is 4.75. The molecule has 3 aromatic rings. The van der Waals surface area contributed by atoms with Gasteiger partial charge in [-0.25, -0.2) is 4.68 Å². The summed E-state index contributed by atoms with van der Waals surface area (Å²) in [5.41, 5.74) is 1.83. The van der Waals surface area contributed by atoms with Crippen LogP contribution in [0.2, 0.25) is 5.02 Å². The van der Waals surface area contributed by atoms with Crippen molar-refractivity contribution in [2.45, 2.75) is 6.61 Å². The highest BCUT2D eigenvalue weighted by atomic mass is 35.5. The lowest BCUT2D eigenvalue weighted by atomic mass is 10.1. The lowest BCUT2D eigenvalue weighted by molar-refractivity contribution is 0.296. The summed E-state index contributed by atoms with van der Waals surface area (Å²) in [6, 6.07) is 13.0. The van der Waals surface area contributed by atoms with Crippen LogP contribution in [0, 0.1) is 0 Å². The van der Waals surface area contributed by atoms with Crippen LogP contribution < -0.4 is 9.47 Å². The molecular weight excluding hydrogens is 328 g/mol. The summed E-state index contributed by atoms with van der Waals surface area (Å²) in [7, 11) is 1.63. The van der Waals surface area contributed by atoms with Crippen molar-refractivity contribution >= 4 is 17.8 Å². The predicted molar refractivity (Wildman–Crippen MR) is 91.8 cm³/mol. The van der Waals surface area contributed by atoms with Crippen LogP contribution in [0.1, 0.15) is 11.1 Å². The van der Waals surface area contributed by atoms with Crippen LogP contribution in [0.5, 0.6) is 11.5 Å². The van der Waals surface area contributed by atoms with Gasteiger partial charge in [-0.15, -0.1) is 10.2 Å². The quantitative estimate of drug-likeness (QED) is 0.644. The third-order valence-electron chi connectivity index (χ3n) is 3.26. The van der Waals surface area contributed by atoms with E-state index in [0.29, 0.717) is 11.6 Å². The molecule has 0 unspecified atom stereocenters. The molecule has 0 aliphatic heterocycles. The Labute approximate surface area is 144 Å². The Bertz CT molecular complexity index is 817. The van der Waals surface area contributed by atoms with Crippen LogP contribution in [0.3, 0.4) is 0 Å². The zero-order valence-corrected chi connectivity index (χ0v) is 13.7. The monoisotopic (exact) mass is 342 g/mol. The van der Waals surface area contributed by atoms with E-state index >= 15 is 0 Å². The number of benzene rings is 2. The fourth-order valence-electron chi connectivity index (χ4n) is 2.07. The Balaban J connectivity index is 1.75. The number of nitrogens with zero attached hydrogens (tertiary/aromatic N) is 4. The second kappa shape index (κ2) is 7.61. The number of rotatable bonds is 6. The first-order valence-electron chi connectivity index (χ1n) is 7.19. The molecule has 0 amide bonds. The molecule has 0 aliphatic carbocycles.